The van der Waals surface area contributed by atoms with Crippen molar-refractivity contribution < 1.29 is 0 Å². The van der Waals surface area contributed by atoms with Crippen molar-refractivity contribution in [2.75, 3.05) is 6.54 Å². The first kappa shape index (κ1) is 14.5. The Bertz CT molecular complexity index is 236. The van der Waals surface area contributed by atoms with E-state index in [4.69, 9.17) is 0 Å². The molecule has 17 heavy (non-hydrogen) atoms. The van der Waals surface area contributed by atoms with Crippen LogP contribution in [0.4, 0.5) is 0 Å². The summed E-state index contributed by atoms with van der Waals surface area (Å²) in [5.41, 5.74) is 0. The van der Waals surface area contributed by atoms with Crippen molar-refractivity contribution in [1.82, 2.24) is 5.01 Å². The molecule has 0 saturated carbocycles. The fourth-order valence-electron chi connectivity index (χ4n) is 2.22. The van der Waals surface area contributed by atoms with E-state index in [1.54, 1.807) is 0 Å². The van der Waals surface area contributed by atoms with Crippen LogP contribution in [0.5, 0.6) is 0 Å². The summed E-state index contributed by atoms with van der Waals surface area (Å²) in [7, 11) is 0. The highest BCUT2D eigenvalue weighted by atomic mass is 15.6. The standard InChI is InChI=1S/C14H29N3/c1-11(2)7-6-10-17-13(5)14(15-16-17)9-8-12(3)4/h11-14H,6-10H2,1-5H3. The molecule has 1 aliphatic heterocycles. The minimum atomic E-state index is 0.427. The predicted octanol–water partition coefficient (Wildman–Crippen LogP) is 4.30. The second-order valence-corrected chi connectivity index (χ2v) is 6.18. The van der Waals surface area contributed by atoms with Crippen molar-refractivity contribution in [3.8, 4) is 0 Å². The average molecular weight is 239 g/mol. The van der Waals surface area contributed by atoms with Gasteiger partial charge in [0, 0.05) is 6.54 Å². The maximum Gasteiger partial charge on any atom is 0.0947 e. The highest BCUT2D eigenvalue weighted by Gasteiger charge is 2.27. The second kappa shape index (κ2) is 6.97. The monoisotopic (exact) mass is 239 g/mol. The molecule has 0 saturated heterocycles. The van der Waals surface area contributed by atoms with Gasteiger partial charge in [-0.05, 0) is 44.4 Å². The van der Waals surface area contributed by atoms with Gasteiger partial charge in [-0.2, -0.15) is 5.11 Å². The molecule has 0 fully saturated rings. The zero-order chi connectivity index (χ0) is 12.8. The maximum absolute atomic E-state index is 4.42. The summed E-state index contributed by atoms with van der Waals surface area (Å²) in [6, 6.07) is 0.928. The average Bonchev–Trinajstić information content (AvgIpc) is 2.57. The summed E-state index contributed by atoms with van der Waals surface area (Å²) >= 11 is 0. The molecule has 1 aliphatic rings. The number of nitrogens with zero attached hydrogens (tertiary/aromatic N) is 3. The minimum absolute atomic E-state index is 0.427. The molecule has 0 bridgehead atoms. The maximum atomic E-state index is 4.42. The van der Waals surface area contributed by atoms with Gasteiger partial charge in [0.2, 0.25) is 0 Å². The van der Waals surface area contributed by atoms with Gasteiger partial charge in [-0.15, -0.1) is 0 Å². The molecular weight excluding hydrogens is 210 g/mol. The molecule has 3 nitrogen and oxygen atoms in total. The van der Waals surface area contributed by atoms with E-state index in [1.165, 1.54) is 25.7 Å². The Balaban J connectivity index is 2.25. The van der Waals surface area contributed by atoms with Crippen molar-refractivity contribution in [2.45, 2.75) is 72.4 Å². The summed E-state index contributed by atoms with van der Waals surface area (Å²) in [6.45, 7) is 12.4. The zero-order valence-electron chi connectivity index (χ0n) is 12.2. The van der Waals surface area contributed by atoms with Crippen molar-refractivity contribution in [3.05, 3.63) is 0 Å². The number of hydrogen-bond donors (Lipinski definition) is 0. The first-order valence-corrected chi connectivity index (χ1v) is 7.18. The van der Waals surface area contributed by atoms with Crippen LogP contribution in [0.1, 0.15) is 60.3 Å². The highest BCUT2D eigenvalue weighted by molar-refractivity contribution is 4.83. The van der Waals surface area contributed by atoms with Crippen molar-refractivity contribution in [1.29, 1.82) is 0 Å². The molecule has 0 amide bonds. The lowest BCUT2D eigenvalue weighted by atomic mass is 9.99. The summed E-state index contributed by atoms with van der Waals surface area (Å²) < 4.78 is 0. The number of rotatable bonds is 7. The van der Waals surface area contributed by atoms with Gasteiger partial charge in [0.15, 0.2) is 0 Å². The van der Waals surface area contributed by atoms with Gasteiger partial charge in [0.1, 0.15) is 0 Å². The lowest BCUT2D eigenvalue weighted by Crippen LogP contribution is -2.32. The second-order valence-electron chi connectivity index (χ2n) is 6.18. The quantitative estimate of drug-likeness (QED) is 0.651. The van der Waals surface area contributed by atoms with Gasteiger partial charge in [-0.25, -0.2) is 0 Å². The van der Waals surface area contributed by atoms with Crippen molar-refractivity contribution in [3.63, 3.8) is 0 Å². The summed E-state index contributed by atoms with van der Waals surface area (Å²) in [5.74, 6) is 1.56. The molecule has 0 aromatic rings. The molecule has 100 valence electrons. The van der Waals surface area contributed by atoms with Gasteiger partial charge in [0.25, 0.3) is 0 Å². The van der Waals surface area contributed by atoms with E-state index in [0.717, 1.165) is 18.4 Å². The molecule has 1 rings (SSSR count). The third-order valence-corrected chi connectivity index (χ3v) is 3.55. The Morgan fingerprint density at radius 1 is 1.06 bits per heavy atom. The molecule has 3 heteroatoms. The van der Waals surface area contributed by atoms with Gasteiger partial charge in [-0.3, -0.25) is 5.01 Å². The zero-order valence-corrected chi connectivity index (χ0v) is 12.2. The normalized spacial score (nSPS) is 24.3. The molecule has 0 spiro atoms. The van der Waals surface area contributed by atoms with Gasteiger partial charge in [0.05, 0.1) is 12.1 Å². The Hall–Kier alpha value is -0.600. The predicted molar refractivity (Wildman–Crippen MR) is 73.0 cm³/mol. The van der Waals surface area contributed by atoms with Crippen LogP contribution in [0.3, 0.4) is 0 Å². The molecule has 0 aliphatic carbocycles. The van der Waals surface area contributed by atoms with Crippen LogP contribution in [-0.2, 0) is 0 Å². The molecule has 0 aromatic carbocycles. The topological polar surface area (TPSA) is 28.0 Å². The lowest BCUT2D eigenvalue weighted by Gasteiger charge is -2.22. The lowest BCUT2D eigenvalue weighted by molar-refractivity contribution is 0.220. The van der Waals surface area contributed by atoms with Crippen LogP contribution in [0, 0.1) is 11.8 Å². The first-order chi connectivity index (χ1) is 8.00. The molecule has 2 atom stereocenters. The van der Waals surface area contributed by atoms with Gasteiger partial charge < -0.3 is 0 Å². The molecule has 0 aromatic heterocycles. The molecular formula is C14H29N3. The first-order valence-electron chi connectivity index (χ1n) is 7.18. The van der Waals surface area contributed by atoms with Gasteiger partial charge in [-0.1, -0.05) is 32.9 Å². The smallest absolute Gasteiger partial charge is 0.0947 e. The van der Waals surface area contributed by atoms with Crippen molar-refractivity contribution in [2.24, 2.45) is 22.2 Å². The summed E-state index contributed by atoms with van der Waals surface area (Å²) in [6.07, 6.45) is 4.96. The van der Waals surface area contributed by atoms with Crippen LogP contribution in [-0.4, -0.2) is 23.6 Å². The SMILES string of the molecule is CC(C)CCCN1N=NC(CCC(C)C)C1C. The van der Waals surface area contributed by atoms with E-state index in [0.29, 0.717) is 12.1 Å². The van der Waals surface area contributed by atoms with E-state index >= 15 is 0 Å². The summed E-state index contributed by atoms with van der Waals surface area (Å²) in [5, 5.41) is 10.9. The molecule has 0 radical (unpaired) electrons. The van der Waals surface area contributed by atoms with Crippen LogP contribution in [0.25, 0.3) is 0 Å². The fourth-order valence-corrected chi connectivity index (χ4v) is 2.22. The van der Waals surface area contributed by atoms with E-state index in [-0.39, 0.29) is 0 Å². The highest BCUT2D eigenvalue weighted by Crippen LogP contribution is 2.23. The Morgan fingerprint density at radius 3 is 2.29 bits per heavy atom. The molecule has 1 heterocycles. The van der Waals surface area contributed by atoms with Crippen molar-refractivity contribution >= 4 is 0 Å². The largest absolute Gasteiger partial charge is 0.274 e. The molecule has 2 unspecified atom stereocenters. The fraction of sp³-hybridized carbons (Fsp3) is 1.00. The van der Waals surface area contributed by atoms with Crippen LogP contribution in [0.2, 0.25) is 0 Å². The minimum Gasteiger partial charge on any atom is -0.274 e. The van der Waals surface area contributed by atoms with Crippen LogP contribution >= 0.6 is 0 Å². The Morgan fingerprint density at radius 2 is 1.71 bits per heavy atom. The van der Waals surface area contributed by atoms with E-state index in [1.807, 2.05) is 0 Å². The van der Waals surface area contributed by atoms with Gasteiger partial charge >= 0.3 is 0 Å². The molecule has 0 N–H and O–H groups in total. The van der Waals surface area contributed by atoms with Crippen LogP contribution in [0.15, 0.2) is 10.3 Å². The third-order valence-electron chi connectivity index (χ3n) is 3.55. The van der Waals surface area contributed by atoms with E-state index < -0.39 is 0 Å². The summed E-state index contributed by atoms with van der Waals surface area (Å²) in [4.78, 5) is 0. The van der Waals surface area contributed by atoms with E-state index in [9.17, 15) is 0 Å². The third kappa shape index (κ3) is 5.05. The Kier molecular flexibility index (Phi) is 5.93. The van der Waals surface area contributed by atoms with Crippen LogP contribution < -0.4 is 0 Å². The Labute approximate surface area is 107 Å². The number of hydrogen-bond acceptors (Lipinski definition) is 3. The van der Waals surface area contributed by atoms with E-state index in [2.05, 4.69) is 50.0 Å².